The second-order valence-corrected chi connectivity index (χ2v) is 9.62. The zero-order valence-corrected chi connectivity index (χ0v) is 20.6. The van der Waals surface area contributed by atoms with Crippen molar-refractivity contribution in [1.82, 2.24) is 9.47 Å². The maximum absolute atomic E-state index is 12.8. The first kappa shape index (κ1) is 22.3. The van der Waals surface area contributed by atoms with Gasteiger partial charge in [-0.2, -0.15) is 0 Å². The standard InChI is InChI=1S/C24H20IN3O3S/c1-14-11-17(15(2)28(14)20-6-4-5-18(25)13-20)12-21-22(29)27(3)24(32-21)26-19-9-7-16(8-10-19)23(30)31/h4-13H,1-3H3,(H,30,31)/b21-12-,26-24?. The van der Waals surface area contributed by atoms with Crippen LogP contribution in [0, 0.1) is 17.4 Å². The van der Waals surface area contributed by atoms with E-state index in [1.165, 1.54) is 28.8 Å². The number of amides is 1. The molecule has 4 rings (SSSR count). The second-order valence-electron chi connectivity index (χ2n) is 7.36. The van der Waals surface area contributed by atoms with E-state index >= 15 is 0 Å². The van der Waals surface area contributed by atoms with Crippen molar-refractivity contribution in [3.8, 4) is 5.69 Å². The number of halogens is 1. The van der Waals surface area contributed by atoms with Gasteiger partial charge in [0.2, 0.25) is 0 Å². The molecule has 1 amide bonds. The maximum Gasteiger partial charge on any atom is 0.335 e. The molecule has 0 radical (unpaired) electrons. The SMILES string of the molecule is Cc1cc(/C=C2\SC(=Nc3ccc(C(=O)O)cc3)N(C)C2=O)c(C)n1-c1cccc(I)c1. The summed E-state index contributed by atoms with van der Waals surface area (Å²) in [6, 6.07) is 16.6. The molecule has 1 fully saturated rings. The number of carboxylic acids is 1. The molecule has 1 aromatic heterocycles. The molecule has 0 aliphatic carbocycles. The number of aryl methyl sites for hydroxylation is 1. The molecule has 162 valence electrons. The Kier molecular flexibility index (Phi) is 6.25. The van der Waals surface area contributed by atoms with Crippen molar-refractivity contribution >= 4 is 63.2 Å². The molecule has 0 unspecified atom stereocenters. The predicted octanol–water partition coefficient (Wildman–Crippen LogP) is 5.63. The molecule has 0 spiro atoms. The number of hydrogen-bond donors (Lipinski definition) is 1. The van der Waals surface area contributed by atoms with Crippen molar-refractivity contribution in [2.75, 3.05) is 7.05 Å². The summed E-state index contributed by atoms with van der Waals surface area (Å²) >= 11 is 3.61. The van der Waals surface area contributed by atoms with E-state index in [0.717, 1.165) is 26.2 Å². The van der Waals surface area contributed by atoms with E-state index in [0.29, 0.717) is 15.8 Å². The van der Waals surface area contributed by atoms with E-state index in [4.69, 9.17) is 5.11 Å². The van der Waals surface area contributed by atoms with E-state index in [2.05, 4.69) is 63.3 Å². The second kappa shape index (κ2) is 8.95. The molecule has 0 atom stereocenters. The Morgan fingerprint density at radius 1 is 1.12 bits per heavy atom. The summed E-state index contributed by atoms with van der Waals surface area (Å²) in [4.78, 5) is 30.5. The van der Waals surface area contributed by atoms with Crippen LogP contribution in [-0.4, -0.2) is 38.7 Å². The number of aromatic carboxylic acids is 1. The predicted molar refractivity (Wildman–Crippen MR) is 137 cm³/mol. The molecule has 1 N–H and O–H groups in total. The fourth-order valence-electron chi connectivity index (χ4n) is 3.53. The first-order valence-electron chi connectivity index (χ1n) is 9.79. The third-order valence-corrected chi connectivity index (χ3v) is 6.90. The van der Waals surface area contributed by atoms with Crippen molar-refractivity contribution in [3.63, 3.8) is 0 Å². The Hall–Kier alpha value is -2.85. The first-order valence-corrected chi connectivity index (χ1v) is 11.7. The molecule has 8 heteroatoms. The molecule has 1 aliphatic rings. The number of aromatic nitrogens is 1. The van der Waals surface area contributed by atoms with Gasteiger partial charge in [0.15, 0.2) is 5.17 Å². The van der Waals surface area contributed by atoms with Crippen molar-refractivity contribution in [2.45, 2.75) is 13.8 Å². The van der Waals surface area contributed by atoms with Crippen LogP contribution < -0.4 is 0 Å². The summed E-state index contributed by atoms with van der Waals surface area (Å²) in [7, 11) is 1.69. The third-order valence-electron chi connectivity index (χ3n) is 5.17. The summed E-state index contributed by atoms with van der Waals surface area (Å²) in [6.45, 7) is 4.10. The van der Waals surface area contributed by atoms with E-state index in [-0.39, 0.29) is 11.5 Å². The van der Waals surface area contributed by atoms with Gasteiger partial charge in [0.05, 0.1) is 16.2 Å². The van der Waals surface area contributed by atoms with Gasteiger partial charge in [-0.25, -0.2) is 9.79 Å². The van der Waals surface area contributed by atoms with Gasteiger partial charge in [-0.1, -0.05) is 6.07 Å². The van der Waals surface area contributed by atoms with Crippen LogP contribution in [0.3, 0.4) is 0 Å². The number of carbonyl (C=O) groups is 2. The van der Waals surface area contributed by atoms with Gasteiger partial charge in [-0.3, -0.25) is 9.69 Å². The highest BCUT2D eigenvalue weighted by Crippen LogP contribution is 2.34. The van der Waals surface area contributed by atoms with Gasteiger partial charge in [0.25, 0.3) is 5.91 Å². The third kappa shape index (κ3) is 4.37. The van der Waals surface area contributed by atoms with Crippen molar-refractivity contribution < 1.29 is 14.7 Å². The van der Waals surface area contributed by atoms with Crippen LogP contribution in [0.25, 0.3) is 11.8 Å². The molecule has 2 heterocycles. The van der Waals surface area contributed by atoms with Gasteiger partial charge in [-0.05, 0) is 108 Å². The molecular weight excluding hydrogens is 537 g/mol. The quantitative estimate of drug-likeness (QED) is 0.334. The van der Waals surface area contributed by atoms with Crippen LogP contribution in [0.4, 0.5) is 5.69 Å². The number of likely N-dealkylation sites (N-methyl/N-ethyl adjacent to an activating group) is 1. The summed E-state index contributed by atoms with van der Waals surface area (Å²) < 4.78 is 3.34. The van der Waals surface area contributed by atoms with Crippen LogP contribution in [-0.2, 0) is 4.79 Å². The highest BCUT2D eigenvalue weighted by Gasteiger charge is 2.30. The summed E-state index contributed by atoms with van der Waals surface area (Å²) in [5.74, 6) is -1.10. The number of carbonyl (C=O) groups excluding carboxylic acids is 1. The molecule has 1 aliphatic heterocycles. The van der Waals surface area contributed by atoms with Crippen molar-refractivity contribution in [2.24, 2.45) is 4.99 Å². The number of carboxylic acid groups (broad SMARTS) is 1. The number of rotatable bonds is 4. The highest BCUT2D eigenvalue weighted by molar-refractivity contribution is 14.1. The topological polar surface area (TPSA) is 74.9 Å². The number of nitrogens with zero attached hydrogens (tertiary/aromatic N) is 3. The number of amidine groups is 1. The van der Waals surface area contributed by atoms with Crippen molar-refractivity contribution in [3.05, 3.63) is 85.6 Å². The van der Waals surface area contributed by atoms with Gasteiger partial charge in [-0.15, -0.1) is 0 Å². The summed E-state index contributed by atoms with van der Waals surface area (Å²) in [5.41, 5.74) is 5.01. The summed E-state index contributed by atoms with van der Waals surface area (Å²) in [6.07, 6.45) is 1.91. The van der Waals surface area contributed by atoms with Crippen LogP contribution in [0.15, 0.2) is 64.5 Å². The van der Waals surface area contributed by atoms with Gasteiger partial charge in [0.1, 0.15) is 0 Å². The fourth-order valence-corrected chi connectivity index (χ4v) is 5.03. The molecule has 0 saturated carbocycles. The Bertz CT molecular complexity index is 1290. The molecule has 32 heavy (non-hydrogen) atoms. The minimum absolute atomic E-state index is 0.116. The van der Waals surface area contributed by atoms with Gasteiger partial charge >= 0.3 is 5.97 Å². The van der Waals surface area contributed by atoms with Crippen LogP contribution >= 0.6 is 34.4 Å². The Labute approximate surface area is 203 Å². The first-order chi connectivity index (χ1) is 15.2. The molecule has 3 aromatic rings. The molecule has 1 saturated heterocycles. The van der Waals surface area contributed by atoms with Crippen molar-refractivity contribution in [1.29, 1.82) is 0 Å². The maximum atomic E-state index is 12.8. The van der Waals surface area contributed by atoms with Crippen LogP contribution in [0.5, 0.6) is 0 Å². The highest BCUT2D eigenvalue weighted by atomic mass is 127. The van der Waals surface area contributed by atoms with E-state index in [1.807, 2.05) is 19.1 Å². The zero-order valence-electron chi connectivity index (χ0n) is 17.7. The number of benzene rings is 2. The average Bonchev–Trinajstić information content (AvgIpc) is 3.18. The molecule has 6 nitrogen and oxygen atoms in total. The number of hydrogen-bond acceptors (Lipinski definition) is 4. The Balaban J connectivity index is 1.65. The average molecular weight is 557 g/mol. The largest absolute Gasteiger partial charge is 0.478 e. The summed E-state index contributed by atoms with van der Waals surface area (Å²) in [5, 5.41) is 9.59. The lowest BCUT2D eigenvalue weighted by Crippen LogP contribution is -2.23. The van der Waals surface area contributed by atoms with E-state index < -0.39 is 5.97 Å². The lowest BCUT2D eigenvalue weighted by atomic mass is 10.2. The molecule has 2 aromatic carbocycles. The Morgan fingerprint density at radius 3 is 2.50 bits per heavy atom. The monoisotopic (exact) mass is 557 g/mol. The lowest BCUT2D eigenvalue weighted by molar-refractivity contribution is -0.121. The van der Waals surface area contributed by atoms with Crippen LogP contribution in [0.2, 0.25) is 0 Å². The van der Waals surface area contributed by atoms with E-state index in [1.54, 1.807) is 19.2 Å². The normalized spacial score (nSPS) is 16.4. The Morgan fingerprint density at radius 2 is 1.84 bits per heavy atom. The fraction of sp³-hybridized carbons (Fsp3) is 0.125. The lowest BCUT2D eigenvalue weighted by Gasteiger charge is -2.10. The zero-order chi connectivity index (χ0) is 23.0. The number of aliphatic imine (C=N–C) groups is 1. The van der Waals surface area contributed by atoms with Crippen LogP contribution in [0.1, 0.15) is 27.3 Å². The molecular formula is C24H20IN3O3S. The van der Waals surface area contributed by atoms with Gasteiger partial charge < -0.3 is 9.67 Å². The minimum Gasteiger partial charge on any atom is -0.478 e. The number of thioether (sulfide) groups is 1. The minimum atomic E-state index is -0.986. The van der Waals surface area contributed by atoms with Gasteiger partial charge in [0, 0.05) is 27.7 Å². The molecule has 0 bridgehead atoms. The smallest absolute Gasteiger partial charge is 0.335 e. The van der Waals surface area contributed by atoms with E-state index in [9.17, 15) is 9.59 Å².